The summed E-state index contributed by atoms with van der Waals surface area (Å²) in [5, 5.41) is 6.80. The maximum absolute atomic E-state index is 12.8. The van der Waals surface area contributed by atoms with Crippen LogP contribution in [-0.4, -0.2) is 34.5 Å². The third kappa shape index (κ3) is 4.05. The van der Waals surface area contributed by atoms with E-state index >= 15 is 0 Å². The highest BCUT2D eigenvalue weighted by Crippen LogP contribution is 2.30. The Morgan fingerprint density at radius 2 is 1.84 bits per heavy atom. The van der Waals surface area contributed by atoms with Gasteiger partial charge in [-0.25, -0.2) is 0 Å². The third-order valence-corrected chi connectivity index (χ3v) is 5.29. The quantitative estimate of drug-likeness (QED) is 0.908. The lowest BCUT2D eigenvalue weighted by Gasteiger charge is -2.36. The molecule has 2 fully saturated rings. The molecule has 1 aromatic rings. The van der Waals surface area contributed by atoms with Crippen LogP contribution in [0.3, 0.4) is 0 Å². The second kappa shape index (κ2) is 7.18. The molecule has 1 saturated carbocycles. The van der Waals surface area contributed by atoms with E-state index in [4.69, 9.17) is 4.52 Å². The molecule has 1 unspecified atom stereocenters. The summed E-state index contributed by atoms with van der Waals surface area (Å²) in [5.41, 5.74) is -0.161. The van der Waals surface area contributed by atoms with E-state index in [-0.39, 0.29) is 23.1 Å². The van der Waals surface area contributed by atoms with E-state index in [0.29, 0.717) is 18.8 Å². The molecular weight excluding hydrogens is 318 g/mol. The van der Waals surface area contributed by atoms with Crippen molar-refractivity contribution in [3.8, 4) is 0 Å². The number of nitrogens with one attached hydrogen (secondary N) is 1. The molecule has 2 aliphatic rings. The van der Waals surface area contributed by atoms with Crippen molar-refractivity contribution in [2.45, 2.75) is 77.2 Å². The van der Waals surface area contributed by atoms with Crippen molar-refractivity contribution < 1.29 is 14.1 Å². The molecule has 1 aliphatic carbocycles. The monoisotopic (exact) mass is 347 g/mol. The fourth-order valence-corrected chi connectivity index (χ4v) is 3.77. The summed E-state index contributed by atoms with van der Waals surface area (Å²) in [6, 6.07) is 1.38. The van der Waals surface area contributed by atoms with Crippen molar-refractivity contribution in [2.24, 2.45) is 5.92 Å². The van der Waals surface area contributed by atoms with Crippen LogP contribution in [0, 0.1) is 5.92 Å². The highest BCUT2D eigenvalue weighted by Gasteiger charge is 2.36. The van der Waals surface area contributed by atoms with Crippen molar-refractivity contribution in [3.63, 3.8) is 0 Å². The van der Waals surface area contributed by atoms with E-state index in [1.165, 1.54) is 0 Å². The average Bonchev–Trinajstić information content (AvgIpc) is 3.25. The van der Waals surface area contributed by atoms with Crippen LogP contribution >= 0.6 is 0 Å². The van der Waals surface area contributed by atoms with Gasteiger partial charge < -0.3 is 14.7 Å². The maximum Gasteiger partial charge on any atom is 0.248 e. The van der Waals surface area contributed by atoms with Gasteiger partial charge in [-0.2, -0.15) is 0 Å². The molecule has 6 nitrogen and oxygen atoms in total. The molecule has 138 valence electrons. The summed E-state index contributed by atoms with van der Waals surface area (Å²) >= 11 is 0. The van der Waals surface area contributed by atoms with Crippen molar-refractivity contribution in [1.29, 1.82) is 0 Å². The second-order valence-electron chi connectivity index (χ2n) is 8.34. The first-order chi connectivity index (χ1) is 11.9. The van der Waals surface area contributed by atoms with Gasteiger partial charge in [0.05, 0.1) is 0 Å². The molecule has 0 aromatic carbocycles. The number of hydrogen-bond acceptors (Lipinski definition) is 4. The summed E-state index contributed by atoms with van der Waals surface area (Å²) < 4.78 is 5.33. The number of aromatic nitrogens is 1. The summed E-state index contributed by atoms with van der Waals surface area (Å²) in [6.07, 6.45) is 6.82. The Balaban J connectivity index is 1.68. The molecule has 1 saturated heterocycles. The summed E-state index contributed by atoms with van der Waals surface area (Å²) in [6.45, 7) is 6.77. The van der Waals surface area contributed by atoms with Crippen molar-refractivity contribution in [2.75, 3.05) is 11.9 Å². The van der Waals surface area contributed by atoms with Gasteiger partial charge in [0.25, 0.3) is 0 Å². The number of rotatable bonds is 3. The van der Waals surface area contributed by atoms with Crippen LogP contribution in [0.5, 0.6) is 0 Å². The van der Waals surface area contributed by atoms with Crippen LogP contribution in [0.1, 0.15) is 71.5 Å². The van der Waals surface area contributed by atoms with Crippen molar-refractivity contribution in [3.05, 3.63) is 11.8 Å². The Bertz CT molecular complexity index is 626. The Morgan fingerprint density at radius 1 is 1.16 bits per heavy atom. The lowest BCUT2D eigenvalue weighted by molar-refractivity contribution is -0.143. The van der Waals surface area contributed by atoms with Gasteiger partial charge in [-0.1, -0.05) is 38.8 Å². The maximum atomic E-state index is 12.8. The SMILES string of the molecule is CC(C)(C)c1cc(NC(=O)C2CCCCN2C(=O)C2CCCC2)no1. The number of carbonyl (C=O) groups is 2. The molecular formula is C19H29N3O3. The first kappa shape index (κ1) is 18.0. The summed E-state index contributed by atoms with van der Waals surface area (Å²) in [7, 11) is 0. The van der Waals surface area contributed by atoms with Crippen LogP contribution in [0.15, 0.2) is 10.6 Å². The van der Waals surface area contributed by atoms with E-state index in [9.17, 15) is 9.59 Å². The van der Waals surface area contributed by atoms with Gasteiger partial charge in [-0.15, -0.1) is 0 Å². The second-order valence-corrected chi connectivity index (χ2v) is 8.34. The zero-order chi connectivity index (χ0) is 18.0. The summed E-state index contributed by atoms with van der Waals surface area (Å²) in [5.74, 6) is 1.26. The molecule has 1 aliphatic heterocycles. The van der Waals surface area contributed by atoms with E-state index in [0.717, 1.165) is 44.3 Å². The average molecular weight is 347 g/mol. The Hall–Kier alpha value is -1.85. The number of carbonyl (C=O) groups excluding carboxylic acids is 2. The van der Waals surface area contributed by atoms with Gasteiger partial charge in [0.2, 0.25) is 11.8 Å². The van der Waals surface area contributed by atoms with E-state index < -0.39 is 6.04 Å². The lowest BCUT2D eigenvalue weighted by atomic mass is 9.93. The minimum atomic E-state index is -0.392. The minimum absolute atomic E-state index is 0.105. The van der Waals surface area contributed by atoms with Crippen LogP contribution < -0.4 is 5.32 Å². The van der Waals surface area contributed by atoms with Crippen molar-refractivity contribution in [1.82, 2.24) is 10.1 Å². The molecule has 0 radical (unpaired) electrons. The molecule has 1 N–H and O–H groups in total. The lowest BCUT2D eigenvalue weighted by Crippen LogP contribution is -2.51. The number of nitrogens with zero attached hydrogens (tertiary/aromatic N) is 2. The molecule has 1 atom stereocenters. The van der Waals surface area contributed by atoms with Gasteiger partial charge >= 0.3 is 0 Å². The zero-order valence-corrected chi connectivity index (χ0v) is 15.5. The van der Waals surface area contributed by atoms with E-state index in [2.05, 4.69) is 10.5 Å². The highest BCUT2D eigenvalue weighted by molar-refractivity contribution is 5.97. The molecule has 1 aromatic heterocycles. The number of likely N-dealkylation sites (tertiary alicyclic amines) is 1. The number of piperidine rings is 1. The highest BCUT2D eigenvalue weighted by atomic mass is 16.5. The third-order valence-electron chi connectivity index (χ3n) is 5.29. The fourth-order valence-electron chi connectivity index (χ4n) is 3.77. The molecule has 25 heavy (non-hydrogen) atoms. The van der Waals surface area contributed by atoms with Gasteiger partial charge in [0.1, 0.15) is 11.8 Å². The smallest absolute Gasteiger partial charge is 0.248 e. The fraction of sp³-hybridized carbons (Fsp3) is 0.737. The van der Waals surface area contributed by atoms with Gasteiger partial charge in [-0.05, 0) is 32.1 Å². The van der Waals surface area contributed by atoms with Crippen LogP contribution in [0.25, 0.3) is 0 Å². The molecule has 6 heteroatoms. The largest absolute Gasteiger partial charge is 0.359 e. The number of anilines is 1. The molecule has 2 heterocycles. The molecule has 0 spiro atoms. The Kier molecular flexibility index (Phi) is 5.16. The number of amides is 2. The van der Waals surface area contributed by atoms with Crippen molar-refractivity contribution >= 4 is 17.6 Å². The van der Waals surface area contributed by atoms with Gasteiger partial charge in [0.15, 0.2) is 5.82 Å². The molecule has 2 amide bonds. The molecule has 0 bridgehead atoms. The van der Waals surface area contributed by atoms with Gasteiger partial charge in [0, 0.05) is 23.9 Å². The van der Waals surface area contributed by atoms with Gasteiger partial charge in [-0.3, -0.25) is 9.59 Å². The topological polar surface area (TPSA) is 75.4 Å². The predicted octanol–water partition coefficient (Wildman–Crippen LogP) is 3.48. The molecule has 3 rings (SSSR count). The first-order valence-electron chi connectivity index (χ1n) is 9.45. The Morgan fingerprint density at radius 3 is 2.48 bits per heavy atom. The standard InChI is InChI=1S/C19H29N3O3/c1-19(2,3)15-12-16(21-25-15)20-17(23)14-10-6-7-11-22(14)18(24)13-8-4-5-9-13/h12-14H,4-11H2,1-3H3,(H,20,21,23). The van der Waals surface area contributed by atoms with E-state index in [1.807, 2.05) is 20.8 Å². The van der Waals surface area contributed by atoms with Crippen LogP contribution in [-0.2, 0) is 15.0 Å². The Labute approximate surface area is 149 Å². The van der Waals surface area contributed by atoms with Crippen LogP contribution in [0.2, 0.25) is 0 Å². The first-order valence-corrected chi connectivity index (χ1v) is 9.45. The van der Waals surface area contributed by atoms with Crippen LogP contribution in [0.4, 0.5) is 5.82 Å². The minimum Gasteiger partial charge on any atom is -0.359 e. The predicted molar refractivity (Wildman–Crippen MR) is 95.1 cm³/mol. The number of hydrogen-bond donors (Lipinski definition) is 1. The summed E-state index contributed by atoms with van der Waals surface area (Å²) in [4.78, 5) is 27.4. The normalized spacial score (nSPS) is 22.2. The van der Waals surface area contributed by atoms with E-state index in [1.54, 1.807) is 11.0 Å². The zero-order valence-electron chi connectivity index (χ0n) is 15.5.